The van der Waals surface area contributed by atoms with E-state index in [2.05, 4.69) is 21.8 Å². The first kappa shape index (κ1) is 31.6. The Morgan fingerprint density at radius 1 is 1.11 bits per heavy atom. The number of amides is 1. The minimum absolute atomic E-state index is 0.0713. The molecule has 44 heavy (non-hydrogen) atoms. The molecule has 1 amide bonds. The molecule has 8 nitrogen and oxygen atoms in total. The molecular formula is C34H45ClN2O6S. The summed E-state index contributed by atoms with van der Waals surface area (Å²) in [6, 6.07) is 11.4. The highest BCUT2D eigenvalue weighted by Gasteiger charge is 2.49. The molecule has 240 valence electrons. The standard InChI is InChI=1S/C34H45ClN2O6S/c1-3-27-8-4-5-16-34(21-38,42-2)29-12-9-25(29)19-37-20-33(15-6-7-23-17-26(35)11-13-28(23)33)22-43-31-14-10-24(18-30(31)37)32(39)36-44(27,40)41/h10-11,13-14,17-18,25,27,29,38H,3-9,12,15-16,19-22H2,1-2H3,(H,36,39)/t25-,27+,29+,33-,34+/m0/s1. The molecule has 4 aliphatic rings. The number of hydrogen-bond acceptors (Lipinski definition) is 7. The molecular weight excluding hydrogens is 600 g/mol. The molecule has 10 heteroatoms. The Morgan fingerprint density at radius 2 is 1.95 bits per heavy atom. The lowest BCUT2D eigenvalue weighted by Gasteiger charge is -2.51. The van der Waals surface area contributed by atoms with Crippen molar-refractivity contribution in [3.63, 3.8) is 0 Å². The van der Waals surface area contributed by atoms with Crippen LogP contribution in [-0.2, 0) is 26.6 Å². The zero-order valence-corrected chi connectivity index (χ0v) is 27.4. The van der Waals surface area contributed by atoms with Crippen molar-refractivity contribution in [2.24, 2.45) is 11.8 Å². The topological polar surface area (TPSA) is 105 Å². The molecule has 5 atom stereocenters. The number of aliphatic hydroxyl groups is 1. The van der Waals surface area contributed by atoms with E-state index < -0.39 is 26.8 Å². The second kappa shape index (κ2) is 12.5. The SMILES string of the molecule is CC[C@@H]1CCCC[C@](CO)(OC)[C@@H]2CC[C@H]2CN2C[C@@]3(CCCc4cc(Cl)ccc43)COc3ccc(cc32)C(=O)NS1(=O)=O. The number of sulfonamides is 1. The normalized spacial score (nSPS) is 32.0. The van der Waals surface area contributed by atoms with E-state index >= 15 is 0 Å². The Labute approximate surface area is 266 Å². The maximum Gasteiger partial charge on any atom is 0.264 e. The summed E-state index contributed by atoms with van der Waals surface area (Å²) in [4.78, 5) is 15.8. The predicted octanol–water partition coefficient (Wildman–Crippen LogP) is 5.63. The average Bonchev–Trinajstić information content (AvgIpc) is 3.14. The third kappa shape index (κ3) is 5.74. The quantitative estimate of drug-likeness (QED) is 0.446. The molecule has 0 unspecified atom stereocenters. The van der Waals surface area contributed by atoms with E-state index in [1.54, 1.807) is 25.3 Å². The summed E-state index contributed by atoms with van der Waals surface area (Å²) in [7, 11) is -2.19. The van der Waals surface area contributed by atoms with E-state index in [4.69, 9.17) is 21.1 Å². The highest BCUT2D eigenvalue weighted by Crippen LogP contribution is 2.49. The Balaban J connectivity index is 1.44. The lowest BCUT2D eigenvalue weighted by atomic mass is 9.63. The van der Waals surface area contributed by atoms with Crippen LogP contribution in [0.15, 0.2) is 36.4 Å². The molecule has 1 fully saturated rings. The summed E-state index contributed by atoms with van der Waals surface area (Å²) >= 11 is 6.42. The number of fused-ring (bicyclic) bond motifs is 4. The van der Waals surface area contributed by atoms with Crippen LogP contribution < -0.4 is 14.4 Å². The summed E-state index contributed by atoms with van der Waals surface area (Å²) in [5, 5.41) is 10.8. The number of methoxy groups -OCH3 is 1. The molecule has 2 heterocycles. The van der Waals surface area contributed by atoms with Crippen LogP contribution in [0.25, 0.3) is 0 Å². The highest BCUT2D eigenvalue weighted by atomic mass is 35.5. The van der Waals surface area contributed by atoms with Crippen LogP contribution in [0.4, 0.5) is 5.69 Å². The number of ether oxygens (including phenoxy) is 2. The van der Waals surface area contributed by atoms with Crippen molar-refractivity contribution < 1.29 is 27.8 Å². The average molecular weight is 645 g/mol. The molecule has 1 spiro atoms. The molecule has 1 saturated carbocycles. The molecule has 2 aliphatic carbocycles. The van der Waals surface area contributed by atoms with Gasteiger partial charge in [0, 0.05) is 36.2 Å². The number of anilines is 1. The molecule has 0 radical (unpaired) electrons. The number of aliphatic hydroxyl groups excluding tert-OH is 1. The molecule has 2 bridgehead atoms. The first-order chi connectivity index (χ1) is 21.1. The third-order valence-electron chi connectivity index (χ3n) is 11.0. The number of carbonyl (C=O) groups excluding carboxylic acids is 1. The van der Waals surface area contributed by atoms with Gasteiger partial charge in [-0.15, -0.1) is 0 Å². The molecule has 2 aromatic carbocycles. The fourth-order valence-corrected chi connectivity index (χ4v) is 10.0. The number of benzene rings is 2. The van der Waals surface area contributed by atoms with Gasteiger partial charge in [0.15, 0.2) is 0 Å². The number of aryl methyl sites for hydroxylation is 1. The summed E-state index contributed by atoms with van der Waals surface area (Å²) in [5.41, 5.74) is 2.66. The van der Waals surface area contributed by atoms with Crippen LogP contribution in [0.5, 0.6) is 5.75 Å². The first-order valence-corrected chi connectivity index (χ1v) is 18.1. The molecule has 0 aromatic heterocycles. The predicted molar refractivity (Wildman–Crippen MR) is 172 cm³/mol. The van der Waals surface area contributed by atoms with Gasteiger partial charge in [-0.2, -0.15) is 0 Å². The van der Waals surface area contributed by atoms with E-state index in [-0.39, 0.29) is 23.9 Å². The number of halogens is 1. The van der Waals surface area contributed by atoms with E-state index in [1.165, 1.54) is 11.1 Å². The third-order valence-corrected chi connectivity index (χ3v) is 13.2. The maximum atomic E-state index is 13.4. The van der Waals surface area contributed by atoms with Crippen LogP contribution in [0.3, 0.4) is 0 Å². The van der Waals surface area contributed by atoms with E-state index in [1.807, 2.05) is 13.0 Å². The largest absolute Gasteiger partial charge is 0.490 e. The van der Waals surface area contributed by atoms with Crippen LogP contribution in [0, 0.1) is 11.8 Å². The Hall–Kier alpha value is -2.33. The van der Waals surface area contributed by atoms with Gasteiger partial charge in [0.1, 0.15) is 5.75 Å². The zero-order chi connectivity index (χ0) is 31.1. The van der Waals surface area contributed by atoms with Crippen molar-refractivity contribution in [2.75, 3.05) is 38.3 Å². The second-order valence-corrected chi connectivity index (χ2v) is 15.8. The molecule has 6 rings (SSSR count). The van der Waals surface area contributed by atoms with E-state index in [0.717, 1.165) is 55.8 Å². The van der Waals surface area contributed by atoms with Crippen molar-refractivity contribution in [3.8, 4) is 5.75 Å². The number of carbonyl (C=O) groups is 1. The molecule has 2 N–H and O–H groups in total. The fourth-order valence-electron chi connectivity index (χ4n) is 8.36. The monoisotopic (exact) mass is 644 g/mol. The number of nitrogens with zero attached hydrogens (tertiary/aromatic N) is 1. The van der Waals surface area contributed by atoms with Crippen LogP contribution in [0.2, 0.25) is 5.02 Å². The van der Waals surface area contributed by atoms with E-state index in [9.17, 15) is 18.3 Å². The Bertz CT molecular complexity index is 1490. The van der Waals surface area contributed by atoms with Crippen molar-refractivity contribution in [1.29, 1.82) is 0 Å². The molecule has 0 saturated heterocycles. The fraction of sp³-hybridized carbons (Fsp3) is 0.618. The summed E-state index contributed by atoms with van der Waals surface area (Å²) in [5.74, 6) is 0.525. The summed E-state index contributed by atoms with van der Waals surface area (Å²) in [6.45, 7) is 3.67. The number of hydrogen-bond donors (Lipinski definition) is 2. The molecule has 2 aromatic rings. The first-order valence-electron chi connectivity index (χ1n) is 16.2. The van der Waals surface area contributed by atoms with Crippen molar-refractivity contribution in [2.45, 2.75) is 87.4 Å². The summed E-state index contributed by atoms with van der Waals surface area (Å²) in [6.07, 6.45) is 7.87. The molecule has 2 aliphatic heterocycles. The number of rotatable bonds is 3. The highest BCUT2D eigenvalue weighted by molar-refractivity contribution is 7.90. The van der Waals surface area contributed by atoms with Gasteiger partial charge in [0.05, 0.1) is 29.8 Å². The second-order valence-electron chi connectivity index (χ2n) is 13.4. The smallest absolute Gasteiger partial charge is 0.264 e. The lowest BCUT2D eigenvalue weighted by molar-refractivity contribution is -0.141. The van der Waals surface area contributed by atoms with Crippen LogP contribution in [0.1, 0.15) is 86.2 Å². The van der Waals surface area contributed by atoms with Crippen molar-refractivity contribution >= 4 is 33.2 Å². The van der Waals surface area contributed by atoms with Gasteiger partial charge in [0.2, 0.25) is 10.0 Å². The zero-order valence-electron chi connectivity index (χ0n) is 25.8. The minimum atomic E-state index is -3.88. The van der Waals surface area contributed by atoms with Gasteiger partial charge in [-0.05, 0) is 105 Å². The lowest BCUT2D eigenvalue weighted by Crippen LogP contribution is -2.55. The van der Waals surface area contributed by atoms with Gasteiger partial charge in [0.25, 0.3) is 5.91 Å². The maximum absolute atomic E-state index is 13.4. The van der Waals surface area contributed by atoms with Crippen molar-refractivity contribution in [1.82, 2.24) is 4.72 Å². The van der Waals surface area contributed by atoms with Crippen LogP contribution >= 0.6 is 11.6 Å². The Kier molecular flexibility index (Phi) is 8.96. The van der Waals surface area contributed by atoms with Gasteiger partial charge in [-0.25, -0.2) is 13.1 Å². The van der Waals surface area contributed by atoms with Gasteiger partial charge < -0.3 is 19.5 Å². The number of nitrogens with one attached hydrogen (secondary N) is 1. The summed E-state index contributed by atoms with van der Waals surface area (Å²) < 4.78 is 41.7. The van der Waals surface area contributed by atoms with Crippen molar-refractivity contribution in [3.05, 3.63) is 58.1 Å². The van der Waals surface area contributed by atoms with Gasteiger partial charge in [-0.3, -0.25) is 4.79 Å². The Morgan fingerprint density at radius 3 is 2.68 bits per heavy atom. The van der Waals surface area contributed by atoms with Gasteiger partial charge in [-0.1, -0.05) is 37.4 Å². The minimum Gasteiger partial charge on any atom is -0.490 e. The van der Waals surface area contributed by atoms with Gasteiger partial charge >= 0.3 is 0 Å². The van der Waals surface area contributed by atoms with Crippen LogP contribution in [-0.4, -0.2) is 63.7 Å². The van der Waals surface area contributed by atoms with E-state index in [0.29, 0.717) is 50.1 Å².